The number of amides is 1. The maximum Gasteiger partial charge on any atom is 0.240 e. The molecule has 3 unspecified atom stereocenters. The van der Waals surface area contributed by atoms with Gasteiger partial charge in [-0.3, -0.25) is 4.79 Å². The van der Waals surface area contributed by atoms with Crippen LogP contribution >= 0.6 is 0 Å². The highest BCUT2D eigenvalue weighted by molar-refractivity contribution is 5.81. The van der Waals surface area contributed by atoms with Crippen molar-refractivity contribution in [3.63, 3.8) is 0 Å². The average molecular weight is 240 g/mol. The average Bonchev–Trinajstić information content (AvgIpc) is 2.28. The Morgan fingerprint density at radius 3 is 2.71 bits per heavy atom. The number of hydrogen-bond acceptors (Lipinski definition) is 4. The molecule has 96 valence electrons. The number of nitriles is 1. The van der Waals surface area contributed by atoms with Gasteiger partial charge in [0.25, 0.3) is 0 Å². The van der Waals surface area contributed by atoms with E-state index in [1.54, 1.807) is 4.90 Å². The number of hydrogen-bond donors (Lipinski definition) is 1. The van der Waals surface area contributed by atoms with E-state index in [9.17, 15) is 4.79 Å². The summed E-state index contributed by atoms with van der Waals surface area (Å²) in [6.07, 6.45) is -0.439. The van der Waals surface area contributed by atoms with Crippen molar-refractivity contribution >= 4 is 5.91 Å². The van der Waals surface area contributed by atoms with Gasteiger partial charge >= 0.3 is 0 Å². The summed E-state index contributed by atoms with van der Waals surface area (Å²) in [6.45, 7) is 6.33. The molecule has 0 spiro atoms. The first-order valence-corrected chi connectivity index (χ1v) is 5.94. The van der Waals surface area contributed by atoms with Crippen LogP contribution in [0.3, 0.4) is 0 Å². The first-order chi connectivity index (χ1) is 7.99. The van der Waals surface area contributed by atoms with Crippen molar-refractivity contribution in [2.24, 2.45) is 11.8 Å². The minimum Gasteiger partial charge on any atom is -0.394 e. The second-order valence-electron chi connectivity index (χ2n) is 4.85. The fourth-order valence-electron chi connectivity index (χ4n) is 2.01. The summed E-state index contributed by atoms with van der Waals surface area (Å²) in [4.78, 5) is 13.8. The van der Waals surface area contributed by atoms with Gasteiger partial charge < -0.3 is 14.7 Å². The summed E-state index contributed by atoms with van der Waals surface area (Å²) in [7, 11) is 0. The molecule has 0 saturated carbocycles. The van der Waals surface area contributed by atoms with Gasteiger partial charge in [-0.15, -0.1) is 0 Å². The van der Waals surface area contributed by atoms with Crippen LogP contribution in [0.25, 0.3) is 0 Å². The SMILES string of the molecule is CC1CN(C(=O)C(C#N)C(C)C)CC(CO)O1. The zero-order valence-electron chi connectivity index (χ0n) is 10.6. The maximum atomic E-state index is 12.1. The summed E-state index contributed by atoms with van der Waals surface area (Å²) >= 11 is 0. The van der Waals surface area contributed by atoms with Crippen LogP contribution in [-0.2, 0) is 9.53 Å². The molecule has 5 heteroatoms. The van der Waals surface area contributed by atoms with Gasteiger partial charge in [0.1, 0.15) is 5.92 Å². The van der Waals surface area contributed by atoms with Gasteiger partial charge in [-0.25, -0.2) is 0 Å². The van der Waals surface area contributed by atoms with E-state index in [-0.39, 0.29) is 30.6 Å². The fraction of sp³-hybridized carbons (Fsp3) is 0.833. The molecule has 0 radical (unpaired) electrons. The number of carbonyl (C=O) groups excluding carboxylic acids is 1. The molecule has 1 fully saturated rings. The Morgan fingerprint density at radius 2 is 2.24 bits per heavy atom. The lowest BCUT2D eigenvalue weighted by Gasteiger charge is -2.37. The van der Waals surface area contributed by atoms with E-state index >= 15 is 0 Å². The minimum absolute atomic E-state index is 0.00164. The monoisotopic (exact) mass is 240 g/mol. The zero-order valence-corrected chi connectivity index (χ0v) is 10.6. The van der Waals surface area contributed by atoms with Crippen molar-refractivity contribution < 1.29 is 14.6 Å². The summed E-state index contributed by atoms with van der Waals surface area (Å²) in [6, 6.07) is 2.05. The van der Waals surface area contributed by atoms with Crippen LogP contribution in [0.4, 0.5) is 0 Å². The fourth-order valence-corrected chi connectivity index (χ4v) is 2.01. The first kappa shape index (κ1) is 13.9. The summed E-state index contributed by atoms with van der Waals surface area (Å²) in [5.74, 6) is -0.769. The number of morpholine rings is 1. The maximum absolute atomic E-state index is 12.1. The predicted octanol–water partition coefficient (Wildman–Crippen LogP) is 0.390. The van der Waals surface area contributed by atoms with Crippen LogP contribution in [0.15, 0.2) is 0 Å². The molecule has 1 N–H and O–H groups in total. The van der Waals surface area contributed by atoms with E-state index in [1.165, 1.54) is 0 Å². The van der Waals surface area contributed by atoms with Gasteiger partial charge in [0.05, 0.1) is 24.9 Å². The number of nitrogens with zero attached hydrogens (tertiary/aromatic N) is 2. The molecule has 17 heavy (non-hydrogen) atoms. The Bertz CT molecular complexity index is 311. The van der Waals surface area contributed by atoms with Crippen LogP contribution in [-0.4, -0.2) is 47.8 Å². The van der Waals surface area contributed by atoms with Gasteiger partial charge in [0.2, 0.25) is 5.91 Å². The molecule has 1 aliphatic heterocycles. The van der Waals surface area contributed by atoms with Gasteiger partial charge in [0, 0.05) is 13.1 Å². The van der Waals surface area contributed by atoms with Crippen LogP contribution < -0.4 is 0 Å². The quantitative estimate of drug-likeness (QED) is 0.774. The highest BCUT2D eigenvalue weighted by Gasteiger charge is 2.33. The predicted molar refractivity (Wildman–Crippen MR) is 61.9 cm³/mol. The third kappa shape index (κ3) is 3.42. The molecule has 0 aromatic heterocycles. The lowest BCUT2D eigenvalue weighted by molar-refractivity contribution is -0.150. The lowest BCUT2D eigenvalue weighted by Crippen LogP contribution is -2.52. The van der Waals surface area contributed by atoms with Crippen LogP contribution in [0.5, 0.6) is 0 Å². The Balaban J connectivity index is 2.71. The van der Waals surface area contributed by atoms with Gasteiger partial charge in [-0.2, -0.15) is 5.26 Å². The topological polar surface area (TPSA) is 73.6 Å². The van der Waals surface area contributed by atoms with Crippen LogP contribution in [0, 0.1) is 23.2 Å². The largest absolute Gasteiger partial charge is 0.394 e. The van der Waals surface area contributed by atoms with Crippen molar-refractivity contribution in [3.05, 3.63) is 0 Å². The first-order valence-electron chi connectivity index (χ1n) is 5.94. The molecular weight excluding hydrogens is 220 g/mol. The molecule has 0 aromatic carbocycles. The van der Waals surface area contributed by atoms with Crippen molar-refractivity contribution in [2.45, 2.75) is 33.0 Å². The minimum atomic E-state index is -0.611. The summed E-state index contributed by atoms with van der Waals surface area (Å²) in [5, 5.41) is 18.1. The zero-order chi connectivity index (χ0) is 13.0. The van der Waals surface area contributed by atoms with E-state index < -0.39 is 5.92 Å². The molecule has 1 amide bonds. The number of aliphatic hydroxyl groups excluding tert-OH is 1. The van der Waals surface area contributed by atoms with Crippen molar-refractivity contribution in [2.75, 3.05) is 19.7 Å². The Labute approximate surface area is 102 Å². The molecular formula is C12H20N2O3. The van der Waals surface area contributed by atoms with Gasteiger partial charge in [-0.1, -0.05) is 13.8 Å². The van der Waals surface area contributed by atoms with Gasteiger partial charge in [-0.05, 0) is 12.8 Å². The Morgan fingerprint density at radius 1 is 1.59 bits per heavy atom. The Kier molecular flexibility index (Phi) is 4.91. The van der Waals surface area contributed by atoms with E-state index in [2.05, 4.69) is 6.07 Å². The van der Waals surface area contributed by atoms with E-state index in [1.807, 2.05) is 20.8 Å². The van der Waals surface area contributed by atoms with E-state index in [4.69, 9.17) is 15.1 Å². The summed E-state index contributed by atoms with van der Waals surface area (Å²) in [5.41, 5.74) is 0. The molecule has 1 rings (SSSR count). The number of ether oxygens (including phenoxy) is 1. The third-order valence-electron chi connectivity index (χ3n) is 2.91. The molecule has 0 aliphatic carbocycles. The second kappa shape index (κ2) is 5.99. The number of rotatable bonds is 3. The molecule has 0 bridgehead atoms. The van der Waals surface area contributed by atoms with Crippen LogP contribution in [0.1, 0.15) is 20.8 Å². The van der Waals surface area contributed by atoms with Crippen molar-refractivity contribution in [3.8, 4) is 6.07 Å². The normalized spacial score (nSPS) is 26.7. The third-order valence-corrected chi connectivity index (χ3v) is 2.91. The number of carbonyl (C=O) groups is 1. The molecule has 3 atom stereocenters. The number of aliphatic hydroxyl groups is 1. The smallest absolute Gasteiger partial charge is 0.240 e. The molecule has 1 saturated heterocycles. The second-order valence-corrected chi connectivity index (χ2v) is 4.85. The molecule has 1 heterocycles. The van der Waals surface area contributed by atoms with Crippen molar-refractivity contribution in [1.29, 1.82) is 5.26 Å². The standard InChI is InChI=1S/C12H20N2O3/c1-8(2)11(4-13)12(16)14-5-9(3)17-10(6-14)7-15/h8-11,15H,5-7H2,1-3H3. The molecule has 0 aromatic rings. The molecule has 1 aliphatic rings. The highest BCUT2D eigenvalue weighted by Crippen LogP contribution is 2.18. The van der Waals surface area contributed by atoms with E-state index in [0.717, 1.165) is 0 Å². The van der Waals surface area contributed by atoms with E-state index in [0.29, 0.717) is 13.1 Å². The summed E-state index contributed by atoms with van der Waals surface area (Å²) < 4.78 is 5.46. The van der Waals surface area contributed by atoms with Crippen molar-refractivity contribution in [1.82, 2.24) is 4.90 Å². The van der Waals surface area contributed by atoms with Crippen LogP contribution in [0.2, 0.25) is 0 Å². The molecule has 5 nitrogen and oxygen atoms in total. The Hall–Kier alpha value is -1.12. The highest BCUT2D eigenvalue weighted by atomic mass is 16.5. The lowest BCUT2D eigenvalue weighted by atomic mass is 9.95. The van der Waals surface area contributed by atoms with Gasteiger partial charge in [0.15, 0.2) is 0 Å².